The van der Waals surface area contributed by atoms with Gasteiger partial charge in [0.2, 0.25) is 0 Å². The lowest BCUT2D eigenvalue weighted by atomic mass is 10.1. The number of carbonyl (C=O) groups excluding carboxylic acids is 1. The number of hydrogen-bond donors (Lipinski definition) is 2. The first-order valence-corrected chi connectivity index (χ1v) is 7.67. The number of aromatic carboxylic acids is 1. The Hall–Kier alpha value is -1.47. The van der Waals surface area contributed by atoms with Gasteiger partial charge in [-0.2, -0.15) is 0 Å². The first kappa shape index (κ1) is 14.9. The van der Waals surface area contributed by atoms with E-state index in [2.05, 4.69) is 22.1 Å². The van der Waals surface area contributed by atoms with Gasteiger partial charge in [-0.1, -0.05) is 6.42 Å². The van der Waals surface area contributed by atoms with Gasteiger partial charge < -0.3 is 10.4 Å². The van der Waals surface area contributed by atoms with Gasteiger partial charge in [-0.3, -0.25) is 9.69 Å². The molecule has 1 aliphatic heterocycles. The number of thiazole rings is 1. The van der Waals surface area contributed by atoms with Gasteiger partial charge in [-0.25, -0.2) is 9.78 Å². The van der Waals surface area contributed by atoms with Crippen LogP contribution in [0.2, 0.25) is 0 Å². The third-order valence-corrected chi connectivity index (χ3v) is 4.33. The zero-order valence-corrected chi connectivity index (χ0v) is 12.3. The fourth-order valence-corrected chi connectivity index (χ4v) is 2.99. The van der Waals surface area contributed by atoms with E-state index in [9.17, 15) is 9.59 Å². The summed E-state index contributed by atoms with van der Waals surface area (Å²) in [5.74, 6) is -1.41. The number of carboxylic acid groups (broad SMARTS) is 1. The summed E-state index contributed by atoms with van der Waals surface area (Å²) in [4.78, 5) is 28.8. The van der Waals surface area contributed by atoms with Crippen LogP contribution in [-0.2, 0) is 0 Å². The number of piperidine rings is 1. The summed E-state index contributed by atoms with van der Waals surface area (Å²) >= 11 is 1.06. The molecule has 2 N–H and O–H groups in total. The van der Waals surface area contributed by atoms with Crippen LogP contribution in [0.25, 0.3) is 0 Å². The quantitative estimate of drug-likeness (QED) is 0.859. The first-order valence-electron chi connectivity index (χ1n) is 6.79. The zero-order valence-electron chi connectivity index (χ0n) is 11.5. The second-order valence-corrected chi connectivity index (χ2v) is 5.86. The standard InChI is InChI=1S/C13H19N3O3S/c1-9(16-5-3-2-4-6-16)7-14-11(17)12-15-10(8-20-12)13(18)19/h8-9H,2-7H2,1H3,(H,14,17)(H,18,19). The molecule has 6 nitrogen and oxygen atoms in total. The highest BCUT2D eigenvalue weighted by molar-refractivity contribution is 7.11. The maximum absolute atomic E-state index is 11.9. The monoisotopic (exact) mass is 297 g/mol. The number of nitrogens with one attached hydrogen (secondary N) is 1. The van der Waals surface area contributed by atoms with Gasteiger partial charge in [0.25, 0.3) is 5.91 Å². The van der Waals surface area contributed by atoms with E-state index in [4.69, 9.17) is 5.11 Å². The van der Waals surface area contributed by atoms with Crippen molar-refractivity contribution >= 4 is 23.2 Å². The summed E-state index contributed by atoms with van der Waals surface area (Å²) in [6.45, 7) is 4.81. The molecule has 2 heterocycles. The lowest BCUT2D eigenvalue weighted by molar-refractivity contribution is 0.0691. The van der Waals surface area contributed by atoms with E-state index in [1.165, 1.54) is 24.6 Å². The number of rotatable bonds is 5. The van der Waals surface area contributed by atoms with Crippen LogP contribution in [0.1, 0.15) is 46.5 Å². The van der Waals surface area contributed by atoms with Crippen LogP contribution in [0.15, 0.2) is 5.38 Å². The molecule has 1 unspecified atom stereocenters. The third-order valence-electron chi connectivity index (χ3n) is 3.49. The summed E-state index contributed by atoms with van der Waals surface area (Å²) < 4.78 is 0. The number of carbonyl (C=O) groups is 2. The summed E-state index contributed by atoms with van der Waals surface area (Å²) in [5.41, 5.74) is -0.0794. The summed E-state index contributed by atoms with van der Waals surface area (Å²) in [7, 11) is 0. The van der Waals surface area contributed by atoms with Crippen molar-refractivity contribution in [2.75, 3.05) is 19.6 Å². The van der Waals surface area contributed by atoms with Gasteiger partial charge in [-0.05, 0) is 32.9 Å². The molecule has 1 atom stereocenters. The van der Waals surface area contributed by atoms with Crippen molar-refractivity contribution in [3.05, 3.63) is 16.1 Å². The van der Waals surface area contributed by atoms with Crippen molar-refractivity contribution in [2.24, 2.45) is 0 Å². The van der Waals surface area contributed by atoms with Crippen LogP contribution < -0.4 is 5.32 Å². The largest absolute Gasteiger partial charge is 0.476 e. The normalized spacial score (nSPS) is 17.6. The van der Waals surface area contributed by atoms with Gasteiger partial charge in [0.1, 0.15) is 0 Å². The van der Waals surface area contributed by atoms with E-state index in [1.54, 1.807) is 0 Å². The minimum absolute atomic E-state index is 0.0794. The Morgan fingerprint density at radius 3 is 2.75 bits per heavy atom. The molecule has 1 aromatic heterocycles. The molecule has 1 amide bonds. The summed E-state index contributed by atoms with van der Waals surface area (Å²) in [6.07, 6.45) is 3.71. The van der Waals surface area contributed by atoms with E-state index in [0.29, 0.717) is 6.54 Å². The van der Waals surface area contributed by atoms with E-state index >= 15 is 0 Å². The Labute approximate surface area is 121 Å². The zero-order chi connectivity index (χ0) is 14.5. The molecule has 1 saturated heterocycles. The Bertz CT molecular complexity index is 483. The molecule has 1 aliphatic rings. The van der Waals surface area contributed by atoms with Gasteiger partial charge in [0, 0.05) is 18.0 Å². The minimum Gasteiger partial charge on any atom is -0.476 e. The number of aromatic nitrogens is 1. The van der Waals surface area contributed by atoms with E-state index in [1.807, 2.05) is 0 Å². The molecule has 0 saturated carbocycles. The Morgan fingerprint density at radius 2 is 2.15 bits per heavy atom. The maximum Gasteiger partial charge on any atom is 0.355 e. The fraction of sp³-hybridized carbons (Fsp3) is 0.615. The van der Waals surface area contributed by atoms with Crippen molar-refractivity contribution in [1.82, 2.24) is 15.2 Å². The van der Waals surface area contributed by atoms with Crippen LogP contribution >= 0.6 is 11.3 Å². The molecule has 110 valence electrons. The molecule has 0 radical (unpaired) electrons. The number of nitrogens with zero attached hydrogens (tertiary/aromatic N) is 2. The van der Waals surface area contributed by atoms with Crippen LogP contribution in [0, 0.1) is 0 Å². The van der Waals surface area contributed by atoms with Crippen LogP contribution in [0.4, 0.5) is 0 Å². The summed E-state index contributed by atoms with van der Waals surface area (Å²) in [5, 5.41) is 13.2. The van der Waals surface area contributed by atoms with E-state index in [0.717, 1.165) is 24.4 Å². The highest BCUT2D eigenvalue weighted by atomic mass is 32.1. The highest BCUT2D eigenvalue weighted by Gasteiger charge is 2.19. The average Bonchev–Trinajstić information content (AvgIpc) is 2.95. The Morgan fingerprint density at radius 1 is 1.45 bits per heavy atom. The highest BCUT2D eigenvalue weighted by Crippen LogP contribution is 2.12. The molecular formula is C13H19N3O3S. The van der Waals surface area contributed by atoms with E-state index < -0.39 is 5.97 Å². The average molecular weight is 297 g/mol. The molecule has 1 aromatic rings. The molecule has 0 bridgehead atoms. The predicted molar refractivity (Wildman–Crippen MR) is 76.3 cm³/mol. The first-order chi connectivity index (χ1) is 9.58. The predicted octanol–water partition coefficient (Wildman–Crippen LogP) is 1.45. The fourth-order valence-electron chi connectivity index (χ4n) is 2.28. The second kappa shape index (κ2) is 6.81. The molecule has 7 heteroatoms. The van der Waals surface area contributed by atoms with Crippen molar-refractivity contribution < 1.29 is 14.7 Å². The molecule has 2 rings (SSSR count). The van der Waals surface area contributed by atoms with Crippen molar-refractivity contribution in [2.45, 2.75) is 32.2 Å². The van der Waals surface area contributed by atoms with Gasteiger partial charge in [0.15, 0.2) is 10.7 Å². The van der Waals surface area contributed by atoms with Crippen molar-refractivity contribution in [3.8, 4) is 0 Å². The summed E-state index contributed by atoms with van der Waals surface area (Å²) in [6, 6.07) is 0.290. The van der Waals surface area contributed by atoms with Gasteiger partial charge in [0.05, 0.1) is 0 Å². The third kappa shape index (κ3) is 3.77. The number of likely N-dealkylation sites (tertiary alicyclic amines) is 1. The van der Waals surface area contributed by atoms with Crippen molar-refractivity contribution in [1.29, 1.82) is 0 Å². The van der Waals surface area contributed by atoms with Crippen molar-refractivity contribution in [3.63, 3.8) is 0 Å². The number of carboxylic acids is 1. The van der Waals surface area contributed by atoms with Crippen LogP contribution in [0.5, 0.6) is 0 Å². The van der Waals surface area contributed by atoms with Gasteiger partial charge >= 0.3 is 5.97 Å². The SMILES string of the molecule is CC(CNC(=O)c1nc(C(=O)O)cs1)N1CCCCC1. The van der Waals surface area contributed by atoms with Crippen LogP contribution in [0.3, 0.4) is 0 Å². The number of amides is 1. The maximum atomic E-state index is 11.9. The molecule has 0 aromatic carbocycles. The lowest BCUT2D eigenvalue weighted by Gasteiger charge is -2.32. The second-order valence-electron chi connectivity index (χ2n) is 5.00. The topological polar surface area (TPSA) is 82.5 Å². The van der Waals surface area contributed by atoms with E-state index in [-0.39, 0.29) is 22.7 Å². The molecule has 0 aliphatic carbocycles. The molecule has 0 spiro atoms. The number of hydrogen-bond acceptors (Lipinski definition) is 5. The van der Waals surface area contributed by atoms with Gasteiger partial charge in [-0.15, -0.1) is 11.3 Å². The Kier molecular flexibility index (Phi) is 5.08. The molecular weight excluding hydrogens is 278 g/mol. The minimum atomic E-state index is -1.11. The smallest absolute Gasteiger partial charge is 0.355 e. The molecule has 20 heavy (non-hydrogen) atoms. The van der Waals surface area contributed by atoms with Crippen LogP contribution in [-0.4, -0.2) is 52.5 Å². The molecule has 1 fully saturated rings. The Balaban J connectivity index is 1.83. The lowest BCUT2D eigenvalue weighted by Crippen LogP contribution is -2.44.